The Kier molecular flexibility index (Phi) is 2.91. The topological polar surface area (TPSA) is 70.3 Å². The molecule has 0 bridgehead atoms. The van der Waals surface area contributed by atoms with Gasteiger partial charge >= 0.3 is 5.97 Å². The van der Waals surface area contributed by atoms with Gasteiger partial charge in [0, 0.05) is 5.92 Å². The fraction of sp³-hybridized carbons (Fsp3) is 0.556. The van der Waals surface area contributed by atoms with Crippen molar-refractivity contribution in [1.82, 2.24) is 0 Å². The lowest BCUT2D eigenvalue weighted by Crippen LogP contribution is -2.09. The van der Waals surface area contributed by atoms with E-state index in [9.17, 15) is 9.90 Å². The standard InChI is InChI=1S/C9H11NO3/c1-2-13-9(12)7(5-10)8(11)6-3-4-6/h6,11H,2-4H2,1H3/b8-7+. The van der Waals surface area contributed by atoms with Gasteiger partial charge in [-0.3, -0.25) is 0 Å². The molecule has 1 N–H and O–H groups in total. The minimum atomic E-state index is -0.727. The zero-order valence-electron chi connectivity index (χ0n) is 7.41. The van der Waals surface area contributed by atoms with E-state index < -0.39 is 5.97 Å². The summed E-state index contributed by atoms with van der Waals surface area (Å²) < 4.78 is 4.61. The van der Waals surface area contributed by atoms with Crippen LogP contribution in [0.25, 0.3) is 0 Å². The van der Waals surface area contributed by atoms with Crippen molar-refractivity contribution in [3.05, 3.63) is 11.3 Å². The third kappa shape index (κ3) is 2.22. The van der Waals surface area contributed by atoms with E-state index in [1.165, 1.54) is 0 Å². The predicted molar refractivity (Wildman–Crippen MR) is 44.6 cm³/mol. The zero-order chi connectivity index (χ0) is 9.84. The highest BCUT2D eigenvalue weighted by molar-refractivity contribution is 5.93. The first-order chi connectivity index (χ1) is 6.20. The number of aliphatic hydroxyl groups is 1. The van der Waals surface area contributed by atoms with E-state index in [4.69, 9.17) is 5.26 Å². The number of ether oxygens (including phenoxy) is 1. The van der Waals surface area contributed by atoms with Gasteiger partial charge in [-0.15, -0.1) is 0 Å². The van der Waals surface area contributed by atoms with Crippen molar-refractivity contribution in [3.63, 3.8) is 0 Å². The molecule has 0 aromatic carbocycles. The molecule has 0 radical (unpaired) electrons. The molecule has 4 nitrogen and oxygen atoms in total. The van der Waals surface area contributed by atoms with Crippen LogP contribution in [0.5, 0.6) is 0 Å². The highest BCUT2D eigenvalue weighted by atomic mass is 16.5. The van der Waals surface area contributed by atoms with Gasteiger partial charge in [0.25, 0.3) is 0 Å². The average Bonchev–Trinajstić information content (AvgIpc) is 2.88. The van der Waals surface area contributed by atoms with Crippen molar-refractivity contribution in [3.8, 4) is 6.07 Å². The molecule has 1 fully saturated rings. The van der Waals surface area contributed by atoms with Crippen LogP contribution in [-0.2, 0) is 9.53 Å². The van der Waals surface area contributed by atoms with Crippen LogP contribution in [0.2, 0.25) is 0 Å². The first-order valence-corrected chi connectivity index (χ1v) is 4.21. The van der Waals surface area contributed by atoms with Crippen molar-refractivity contribution in [1.29, 1.82) is 5.26 Å². The molecule has 70 valence electrons. The molecule has 0 aromatic rings. The highest BCUT2D eigenvalue weighted by Gasteiger charge is 2.31. The maximum Gasteiger partial charge on any atom is 0.352 e. The summed E-state index contributed by atoms with van der Waals surface area (Å²) in [7, 11) is 0. The number of allylic oxidation sites excluding steroid dienone is 1. The minimum Gasteiger partial charge on any atom is -0.510 e. The van der Waals surface area contributed by atoms with Gasteiger partial charge in [0.2, 0.25) is 0 Å². The second-order valence-corrected chi connectivity index (χ2v) is 2.87. The molecule has 0 heterocycles. The second-order valence-electron chi connectivity index (χ2n) is 2.87. The van der Waals surface area contributed by atoms with Gasteiger partial charge in [-0.1, -0.05) is 0 Å². The number of nitriles is 1. The fourth-order valence-electron chi connectivity index (χ4n) is 0.972. The molecule has 13 heavy (non-hydrogen) atoms. The Morgan fingerprint density at radius 2 is 2.31 bits per heavy atom. The van der Waals surface area contributed by atoms with Gasteiger partial charge in [-0.25, -0.2) is 4.79 Å². The monoisotopic (exact) mass is 181 g/mol. The molecular formula is C9H11NO3. The lowest BCUT2D eigenvalue weighted by atomic mass is 10.2. The van der Waals surface area contributed by atoms with E-state index in [1.54, 1.807) is 13.0 Å². The molecule has 0 aliphatic heterocycles. The molecule has 1 saturated carbocycles. The van der Waals surface area contributed by atoms with Gasteiger partial charge in [-0.2, -0.15) is 5.26 Å². The Balaban J connectivity index is 2.77. The number of hydrogen-bond acceptors (Lipinski definition) is 4. The second kappa shape index (κ2) is 3.94. The molecule has 0 saturated heterocycles. The quantitative estimate of drug-likeness (QED) is 0.308. The van der Waals surface area contributed by atoms with E-state index >= 15 is 0 Å². The smallest absolute Gasteiger partial charge is 0.352 e. The van der Waals surface area contributed by atoms with Crippen LogP contribution in [0.15, 0.2) is 11.3 Å². The number of carbonyl (C=O) groups is 1. The summed E-state index contributed by atoms with van der Waals surface area (Å²) in [6.07, 6.45) is 1.69. The van der Waals surface area contributed by atoms with Crippen molar-refractivity contribution < 1.29 is 14.6 Å². The number of rotatable bonds is 3. The van der Waals surface area contributed by atoms with Crippen LogP contribution >= 0.6 is 0 Å². The summed E-state index contributed by atoms with van der Waals surface area (Å²) in [5, 5.41) is 18.0. The Hall–Kier alpha value is -1.50. The predicted octanol–water partition coefficient (Wildman–Crippen LogP) is 1.30. The van der Waals surface area contributed by atoms with Crippen LogP contribution in [0.3, 0.4) is 0 Å². The fourth-order valence-corrected chi connectivity index (χ4v) is 0.972. The van der Waals surface area contributed by atoms with Crippen molar-refractivity contribution in [2.45, 2.75) is 19.8 Å². The lowest BCUT2D eigenvalue weighted by molar-refractivity contribution is -0.138. The lowest BCUT2D eigenvalue weighted by Gasteiger charge is -2.01. The molecule has 0 amide bonds. The van der Waals surface area contributed by atoms with Crippen molar-refractivity contribution >= 4 is 5.97 Å². The third-order valence-corrected chi connectivity index (χ3v) is 1.81. The summed E-state index contributed by atoms with van der Waals surface area (Å²) in [5.74, 6) is -0.839. The average molecular weight is 181 g/mol. The molecule has 1 aliphatic carbocycles. The first-order valence-electron chi connectivity index (χ1n) is 4.21. The highest BCUT2D eigenvalue weighted by Crippen LogP contribution is 2.36. The largest absolute Gasteiger partial charge is 0.510 e. The van der Waals surface area contributed by atoms with Gasteiger partial charge in [-0.05, 0) is 19.8 Å². The number of aliphatic hydroxyl groups excluding tert-OH is 1. The summed E-state index contributed by atoms with van der Waals surface area (Å²) >= 11 is 0. The Labute approximate surface area is 76.4 Å². The molecule has 1 rings (SSSR count). The van der Waals surface area contributed by atoms with Gasteiger partial charge < -0.3 is 9.84 Å². The first kappa shape index (κ1) is 9.59. The summed E-state index contributed by atoms with van der Waals surface area (Å²) in [4.78, 5) is 11.1. The maximum absolute atomic E-state index is 11.1. The van der Waals surface area contributed by atoms with Crippen molar-refractivity contribution in [2.75, 3.05) is 6.61 Å². The zero-order valence-corrected chi connectivity index (χ0v) is 7.41. The van der Waals surface area contributed by atoms with Gasteiger partial charge in [0.15, 0.2) is 5.57 Å². The van der Waals surface area contributed by atoms with E-state index in [2.05, 4.69) is 4.74 Å². The molecule has 0 atom stereocenters. The normalized spacial score (nSPS) is 17.2. The van der Waals surface area contributed by atoms with Crippen LogP contribution < -0.4 is 0 Å². The number of carbonyl (C=O) groups excluding carboxylic acids is 1. The maximum atomic E-state index is 11.1. The number of hydrogen-bond donors (Lipinski definition) is 1. The van der Waals surface area contributed by atoms with E-state index in [1.807, 2.05) is 0 Å². The molecule has 0 spiro atoms. The van der Waals surface area contributed by atoms with Crippen LogP contribution in [0, 0.1) is 17.2 Å². The van der Waals surface area contributed by atoms with Crippen LogP contribution in [0.4, 0.5) is 0 Å². The summed E-state index contributed by atoms with van der Waals surface area (Å²) in [6.45, 7) is 1.86. The molecule has 0 aromatic heterocycles. The molecule has 0 unspecified atom stereocenters. The van der Waals surface area contributed by atoms with Crippen LogP contribution in [0.1, 0.15) is 19.8 Å². The molecular weight excluding hydrogens is 170 g/mol. The molecule has 4 heteroatoms. The van der Waals surface area contributed by atoms with E-state index in [-0.39, 0.29) is 23.9 Å². The number of esters is 1. The SMILES string of the molecule is CCOC(=O)/C(C#N)=C(/O)C1CC1. The Bertz CT molecular complexity index is 284. The number of nitrogens with zero attached hydrogens (tertiary/aromatic N) is 1. The van der Waals surface area contributed by atoms with Gasteiger partial charge in [0.05, 0.1) is 6.61 Å². The third-order valence-electron chi connectivity index (χ3n) is 1.81. The Morgan fingerprint density at radius 3 is 2.69 bits per heavy atom. The van der Waals surface area contributed by atoms with E-state index in [0.717, 1.165) is 12.8 Å². The minimum absolute atomic E-state index is 0.000874. The van der Waals surface area contributed by atoms with Gasteiger partial charge in [0.1, 0.15) is 11.8 Å². The summed E-state index contributed by atoms with van der Waals surface area (Å²) in [6, 6.07) is 1.66. The summed E-state index contributed by atoms with van der Waals surface area (Å²) in [5.41, 5.74) is -0.246. The Morgan fingerprint density at radius 1 is 1.69 bits per heavy atom. The molecule has 1 aliphatic rings. The van der Waals surface area contributed by atoms with E-state index in [0.29, 0.717) is 0 Å². The van der Waals surface area contributed by atoms with Crippen LogP contribution in [-0.4, -0.2) is 17.7 Å². The van der Waals surface area contributed by atoms with Crippen molar-refractivity contribution in [2.24, 2.45) is 5.92 Å².